The molecule has 0 radical (unpaired) electrons. The van der Waals surface area contributed by atoms with Gasteiger partial charge in [-0.1, -0.05) is 11.3 Å². The molecule has 2 aromatic rings. The molecule has 0 aliphatic carbocycles. The molecule has 4 rings (SSSR count). The van der Waals surface area contributed by atoms with Crippen LogP contribution in [0.1, 0.15) is 28.1 Å². The van der Waals surface area contributed by atoms with E-state index >= 15 is 0 Å². The SMILES string of the molecule is NC=CC=Nc1ncc(CNC(=O)c2ccc3c(c2)NC(=O)C2CCCN2S3(=O)=O)s1. The van der Waals surface area contributed by atoms with Gasteiger partial charge in [0.15, 0.2) is 0 Å². The maximum atomic E-state index is 12.9. The van der Waals surface area contributed by atoms with Crippen molar-refractivity contribution in [2.24, 2.45) is 10.7 Å². The Hall–Kier alpha value is -3.09. The topological polar surface area (TPSA) is 147 Å². The zero-order chi connectivity index (χ0) is 22.0. The predicted molar refractivity (Wildman–Crippen MR) is 117 cm³/mol. The van der Waals surface area contributed by atoms with E-state index in [4.69, 9.17) is 5.73 Å². The molecule has 3 heterocycles. The van der Waals surface area contributed by atoms with Crippen LogP contribution in [-0.4, -0.2) is 48.3 Å². The molecule has 162 valence electrons. The van der Waals surface area contributed by atoms with Crippen LogP contribution in [0.15, 0.2) is 46.6 Å². The van der Waals surface area contributed by atoms with E-state index in [2.05, 4.69) is 20.6 Å². The Kier molecular flexibility index (Phi) is 5.85. The van der Waals surface area contributed by atoms with E-state index in [1.807, 2.05) is 0 Å². The number of allylic oxidation sites excluding steroid dienone is 1. The van der Waals surface area contributed by atoms with Gasteiger partial charge in [0.25, 0.3) is 5.91 Å². The Balaban J connectivity index is 1.50. The Morgan fingerprint density at radius 2 is 2.29 bits per heavy atom. The van der Waals surface area contributed by atoms with Crippen molar-refractivity contribution in [3.63, 3.8) is 0 Å². The molecular weight excluding hydrogens is 440 g/mol. The lowest BCUT2D eigenvalue weighted by Gasteiger charge is -2.19. The Labute approximate surface area is 182 Å². The van der Waals surface area contributed by atoms with Crippen molar-refractivity contribution < 1.29 is 18.0 Å². The second-order valence-corrected chi connectivity index (χ2v) is 9.88. The highest BCUT2D eigenvalue weighted by molar-refractivity contribution is 7.89. The highest BCUT2D eigenvalue weighted by Gasteiger charge is 2.43. The molecule has 4 N–H and O–H groups in total. The van der Waals surface area contributed by atoms with Gasteiger partial charge in [0, 0.05) is 29.4 Å². The van der Waals surface area contributed by atoms with E-state index in [-0.39, 0.29) is 28.6 Å². The van der Waals surface area contributed by atoms with Crippen LogP contribution in [0, 0.1) is 0 Å². The van der Waals surface area contributed by atoms with Gasteiger partial charge in [0.05, 0.1) is 12.2 Å². The van der Waals surface area contributed by atoms with Gasteiger partial charge in [-0.15, -0.1) is 0 Å². The lowest BCUT2D eigenvalue weighted by molar-refractivity contribution is -0.119. The molecule has 10 nitrogen and oxygen atoms in total. The highest BCUT2D eigenvalue weighted by Crippen LogP contribution is 2.34. The van der Waals surface area contributed by atoms with Gasteiger partial charge in [-0.2, -0.15) is 4.31 Å². The molecular formula is C19H20N6O4S2. The predicted octanol–water partition coefficient (Wildman–Crippen LogP) is 1.35. The van der Waals surface area contributed by atoms with Gasteiger partial charge >= 0.3 is 0 Å². The molecule has 1 aromatic carbocycles. The van der Waals surface area contributed by atoms with Gasteiger partial charge in [-0.25, -0.2) is 18.4 Å². The number of benzene rings is 1. The molecule has 31 heavy (non-hydrogen) atoms. The van der Waals surface area contributed by atoms with Crippen molar-refractivity contribution in [1.82, 2.24) is 14.6 Å². The Morgan fingerprint density at radius 3 is 3.10 bits per heavy atom. The number of carbonyl (C=O) groups excluding carboxylic acids is 2. The number of nitrogens with two attached hydrogens (primary N) is 1. The average Bonchev–Trinajstić information content (AvgIpc) is 3.40. The molecule has 12 heteroatoms. The van der Waals surface area contributed by atoms with Crippen molar-refractivity contribution in [2.45, 2.75) is 30.3 Å². The Morgan fingerprint density at radius 1 is 1.45 bits per heavy atom. The molecule has 2 aliphatic heterocycles. The first-order valence-electron chi connectivity index (χ1n) is 9.51. The number of fused-ring (bicyclic) bond motifs is 2. The second kappa shape index (κ2) is 8.57. The molecule has 1 saturated heterocycles. The molecule has 1 fully saturated rings. The van der Waals surface area contributed by atoms with Crippen LogP contribution in [0.25, 0.3) is 0 Å². The third-order valence-corrected chi connectivity index (χ3v) is 7.81. The number of aromatic nitrogens is 1. The maximum Gasteiger partial charge on any atom is 0.251 e. The minimum atomic E-state index is -3.81. The van der Waals surface area contributed by atoms with E-state index in [0.717, 1.165) is 4.88 Å². The van der Waals surface area contributed by atoms with Gasteiger partial charge < -0.3 is 16.4 Å². The maximum absolute atomic E-state index is 12.9. The second-order valence-electron chi connectivity index (χ2n) is 6.93. The van der Waals surface area contributed by atoms with Crippen LogP contribution in [0.2, 0.25) is 0 Å². The number of anilines is 1. The van der Waals surface area contributed by atoms with Gasteiger partial charge in [-0.05, 0) is 43.3 Å². The van der Waals surface area contributed by atoms with Crippen LogP contribution < -0.4 is 16.4 Å². The first-order chi connectivity index (χ1) is 14.9. The zero-order valence-corrected chi connectivity index (χ0v) is 17.9. The fourth-order valence-corrected chi connectivity index (χ4v) is 5.98. The minimum Gasteiger partial charge on any atom is -0.405 e. The molecule has 1 aromatic heterocycles. The van der Waals surface area contributed by atoms with Crippen LogP contribution in [0.4, 0.5) is 10.8 Å². The summed E-state index contributed by atoms with van der Waals surface area (Å²) in [7, 11) is -3.81. The quantitative estimate of drug-likeness (QED) is 0.574. The minimum absolute atomic E-state index is 0.00158. The normalized spacial score (nSPS) is 20.4. The van der Waals surface area contributed by atoms with E-state index in [0.29, 0.717) is 24.5 Å². The number of nitrogens with zero attached hydrogens (tertiary/aromatic N) is 3. The summed E-state index contributed by atoms with van der Waals surface area (Å²) in [4.78, 5) is 34.1. The van der Waals surface area contributed by atoms with Gasteiger partial charge in [0.1, 0.15) is 10.9 Å². The summed E-state index contributed by atoms with van der Waals surface area (Å²) < 4.78 is 27.1. The molecule has 0 bridgehead atoms. The van der Waals surface area contributed by atoms with Crippen molar-refractivity contribution in [3.8, 4) is 0 Å². The smallest absolute Gasteiger partial charge is 0.251 e. The fraction of sp³-hybridized carbons (Fsp3) is 0.263. The van der Waals surface area contributed by atoms with Gasteiger partial charge in [0.2, 0.25) is 21.1 Å². The number of carbonyl (C=O) groups is 2. The standard InChI is InChI=1S/C19H20N6O4S2/c20-6-2-7-21-19-23-11-13(30-19)10-22-17(26)12-4-5-16-14(9-12)24-18(27)15-3-1-8-25(15)31(16,28)29/h2,4-7,9,11,15H,1,3,8,10,20H2,(H,22,26)(H,24,27). The molecule has 1 unspecified atom stereocenters. The van der Waals surface area contributed by atoms with Crippen LogP contribution >= 0.6 is 11.3 Å². The number of amides is 2. The monoisotopic (exact) mass is 460 g/mol. The molecule has 2 aliphatic rings. The third kappa shape index (κ3) is 4.22. The number of thiazole rings is 1. The Bertz CT molecular complexity index is 1190. The van der Waals surface area contributed by atoms with Crippen LogP contribution in [0.3, 0.4) is 0 Å². The first kappa shape index (κ1) is 21.2. The number of sulfonamides is 1. The summed E-state index contributed by atoms with van der Waals surface area (Å²) in [6, 6.07) is 3.49. The fourth-order valence-electron chi connectivity index (χ4n) is 3.49. The van der Waals surface area contributed by atoms with Crippen molar-refractivity contribution in [1.29, 1.82) is 0 Å². The van der Waals surface area contributed by atoms with Crippen molar-refractivity contribution in [3.05, 3.63) is 47.1 Å². The summed E-state index contributed by atoms with van der Waals surface area (Å²) in [5, 5.41) is 5.96. The lowest BCUT2D eigenvalue weighted by atomic mass is 10.1. The van der Waals surface area contributed by atoms with E-state index in [9.17, 15) is 18.0 Å². The largest absolute Gasteiger partial charge is 0.405 e. The van der Waals surface area contributed by atoms with Crippen LogP contribution in [0.5, 0.6) is 0 Å². The summed E-state index contributed by atoms with van der Waals surface area (Å²) in [6.45, 7) is 0.543. The number of hydrogen-bond donors (Lipinski definition) is 3. The number of hydrogen-bond acceptors (Lipinski definition) is 8. The average molecular weight is 461 g/mol. The van der Waals surface area contributed by atoms with Crippen molar-refractivity contribution in [2.75, 3.05) is 11.9 Å². The summed E-state index contributed by atoms with van der Waals surface area (Å²) in [5.41, 5.74) is 5.60. The van der Waals surface area contributed by atoms with Crippen LogP contribution in [-0.2, 0) is 21.4 Å². The van der Waals surface area contributed by atoms with E-state index < -0.39 is 22.0 Å². The summed E-state index contributed by atoms with van der Waals surface area (Å²) >= 11 is 1.32. The van der Waals surface area contributed by atoms with Gasteiger partial charge in [-0.3, -0.25) is 9.59 Å². The number of rotatable bonds is 5. The first-order valence-corrected chi connectivity index (χ1v) is 11.8. The summed E-state index contributed by atoms with van der Waals surface area (Å²) in [6.07, 6.45) is 7.18. The number of aliphatic imine (C=N–C) groups is 1. The van der Waals surface area contributed by atoms with E-state index in [1.165, 1.54) is 46.3 Å². The molecule has 0 spiro atoms. The molecule has 1 atom stereocenters. The highest BCUT2D eigenvalue weighted by atomic mass is 32.2. The summed E-state index contributed by atoms with van der Waals surface area (Å²) in [5.74, 6) is -0.775. The third-order valence-electron chi connectivity index (χ3n) is 4.94. The lowest BCUT2D eigenvalue weighted by Crippen LogP contribution is -2.40. The van der Waals surface area contributed by atoms with E-state index in [1.54, 1.807) is 12.3 Å². The number of nitrogens with one attached hydrogen (secondary N) is 2. The molecule has 2 amide bonds. The zero-order valence-electron chi connectivity index (χ0n) is 16.3. The van der Waals surface area contributed by atoms with Crippen molar-refractivity contribution >= 4 is 50.2 Å². The molecule has 0 saturated carbocycles.